The van der Waals surface area contributed by atoms with Crippen LogP contribution in [0.1, 0.15) is 50.6 Å². The predicted molar refractivity (Wildman–Crippen MR) is 129 cm³/mol. The Labute approximate surface area is 192 Å². The van der Waals surface area contributed by atoms with Gasteiger partial charge in [-0.15, -0.1) is 0 Å². The van der Waals surface area contributed by atoms with Crippen LogP contribution in [0.4, 0.5) is 0 Å². The van der Waals surface area contributed by atoms with Gasteiger partial charge in [-0.3, -0.25) is 20.3 Å². The van der Waals surface area contributed by atoms with Crippen LogP contribution < -0.4 is 16.6 Å². The summed E-state index contributed by atoms with van der Waals surface area (Å²) in [5.41, 5.74) is 8.29. The Morgan fingerprint density at radius 1 is 1.27 bits per heavy atom. The lowest BCUT2D eigenvalue weighted by Gasteiger charge is -2.28. The summed E-state index contributed by atoms with van der Waals surface area (Å²) >= 11 is 0. The van der Waals surface area contributed by atoms with E-state index in [9.17, 15) is 14.7 Å². The number of nitrogens with two attached hydrogens (primary N) is 1. The van der Waals surface area contributed by atoms with E-state index in [1.165, 1.54) is 0 Å². The van der Waals surface area contributed by atoms with E-state index in [1.54, 1.807) is 28.8 Å². The molecule has 2 heterocycles. The van der Waals surface area contributed by atoms with Crippen LogP contribution in [0.3, 0.4) is 0 Å². The summed E-state index contributed by atoms with van der Waals surface area (Å²) in [6.07, 6.45) is 3.86. The minimum Gasteiger partial charge on any atom is -0.480 e. The van der Waals surface area contributed by atoms with Gasteiger partial charge in [0.1, 0.15) is 17.6 Å². The smallest absolute Gasteiger partial charge is 0.320 e. The number of nitrogens with zero attached hydrogens (tertiary/aromatic N) is 2. The number of carbonyl (C=O) groups is 1. The second-order valence-corrected chi connectivity index (χ2v) is 8.57. The van der Waals surface area contributed by atoms with Gasteiger partial charge in [0.2, 0.25) is 0 Å². The van der Waals surface area contributed by atoms with Crippen LogP contribution in [-0.2, 0) is 4.79 Å². The second-order valence-electron chi connectivity index (χ2n) is 8.57. The zero-order valence-electron chi connectivity index (χ0n) is 18.6. The van der Waals surface area contributed by atoms with Crippen molar-refractivity contribution < 1.29 is 9.90 Å². The van der Waals surface area contributed by atoms with Crippen LogP contribution in [0.2, 0.25) is 0 Å². The van der Waals surface area contributed by atoms with E-state index in [4.69, 9.17) is 11.1 Å². The largest absolute Gasteiger partial charge is 0.480 e. The molecule has 2 aromatic carbocycles. The van der Waals surface area contributed by atoms with Gasteiger partial charge in [0.15, 0.2) is 0 Å². The maximum atomic E-state index is 13.9. The molecule has 5 N–H and O–H groups in total. The van der Waals surface area contributed by atoms with Crippen molar-refractivity contribution in [1.29, 1.82) is 5.41 Å². The summed E-state index contributed by atoms with van der Waals surface area (Å²) in [6.45, 7) is 2.10. The highest BCUT2D eigenvalue weighted by atomic mass is 16.4. The molecule has 8 nitrogen and oxygen atoms in total. The van der Waals surface area contributed by atoms with Gasteiger partial charge in [-0.1, -0.05) is 50.1 Å². The number of carboxylic acid groups (broad SMARTS) is 1. The van der Waals surface area contributed by atoms with Crippen molar-refractivity contribution in [2.24, 2.45) is 5.73 Å². The highest BCUT2D eigenvalue weighted by Gasteiger charge is 2.35. The highest BCUT2D eigenvalue weighted by Crippen LogP contribution is 2.30. The Bertz CT molecular complexity index is 1250. The fourth-order valence-electron chi connectivity index (χ4n) is 4.70. The van der Waals surface area contributed by atoms with Crippen LogP contribution in [-0.4, -0.2) is 38.5 Å². The van der Waals surface area contributed by atoms with Gasteiger partial charge in [-0.25, -0.2) is 4.98 Å². The molecule has 1 aliphatic rings. The number of hydrogen-bond donors (Lipinski definition) is 4. The summed E-state index contributed by atoms with van der Waals surface area (Å²) in [4.78, 5) is 30.1. The molecule has 1 fully saturated rings. The van der Waals surface area contributed by atoms with E-state index < -0.39 is 12.0 Å². The van der Waals surface area contributed by atoms with Crippen molar-refractivity contribution in [2.45, 2.75) is 57.2 Å². The number of hydrogen-bond acceptors (Lipinski definition) is 5. The lowest BCUT2D eigenvalue weighted by molar-refractivity contribution is -0.139. The van der Waals surface area contributed by atoms with Crippen LogP contribution in [0.15, 0.2) is 53.3 Å². The van der Waals surface area contributed by atoms with E-state index in [0.29, 0.717) is 35.2 Å². The predicted octanol–water partition coefficient (Wildman–Crippen LogP) is 3.28. The third kappa shape index (κ3) is 4.52. The number of fused-ring (bicyclic) bond motifs is 1. The molecule has 3 atom stereocenters. The summed E-state index contributed by atoms with van der Waals surface area (Å²) < 4.78 is 1.80. The monoisotopic (exact) mass is 447 g/mol. The SMILES string of the molecule is CCCCC(C1CCC(C(=O)O)N1)n1c(=O)c(-c2cccc(C(=N)N)c2)nc2ccccc21. The number of aliphatic carboxylic acids is 1. The van der Waals surface area contributed by atoms with Crippen LogP contribution in [0.5, 0.6) is 0 Å². The number of rotatable bonds is 8. The number of nitrogen functional groups attached to an aromatic ring is 1. The molecule has 172 valence electrons. The molecule has 3 aromatic rings. The van der Waals surface area contributed by atoms with Gasteiger partial charge >= 0.3 is 5.97 Å². The van der Waals surface area contributed by atoms with Crippen molar-refractivity contribution in [2.75, 3.05) is 0 Å². The summed E-state index contributed by atoms with van der Waals surface area (Å²) in [5, 5.41) is 20.5. The Hall–Kier alpha value is -3.52. The van der Waals surface area contributed by atoms with Crippen molar-refractivity contribution in [1.82, 2.24) is 14.9 Å². The third-order valence-electron chi connectivity index (χ3n) is 6.37. The van der Waals surface area contributed by atoms with Gasteiger partial charge in [0, 0.05) is 17.2 Å². The first-order chi connectivity index (χ1) is 15.9. The summed E-state index contributed by atoms with van der Waals surface area (Å²) in [7, 11) is 0. The Morgan fingerprint density at radius 3 is 2.76 bits per heavy atom. The highest BCUT2D eigenvalue weighted by molar-refractivity contribution is 5.96. The van der Waals surface area contributed by atoms with E-state index >= 15 is 0 Å². The van der Waals surface area contributed by atoms with Crippen LogP contribution >= 0.6 is 0 Å². The maximum Gasteiger partial charge on any atom is 0.320 e. The maximum absolute atomic E-state index is 13.9. The molecule has 1 saturated heterocycles. The van der Waals surface area contributed by atoms with Crippen molar-refractivity contribution in [3.05, 3.63) is 64.4 Å². The number of carboxylic acids is 1. The van der Waals surface area contributed by atoms with Gasteiger partial charge in [0.05, 0.1) is 17.1 Å². The fourth-order valence-corrected chi connectivity index (χ4v) is 4.70. The van der Waals surface area contributed by atoms with E-state index in [2.05, 4.69) is 17.2 Å². The molecule has 0 saturated carbocycles. The van der Waals surface area contributed by atoms with E-state index in [1.807, 2.05) is 24.3 Å². The van der Waals surface area contributed by atoms with Gasteiger partial charge in [-0.05, 0) is 37.5 Å². The number of unbranched alkanes of at least 4 members (excludes halogenated alkanes) is 1. The fraction of sp³-hybridized carbons (Fsp3) is 0.360. The second kappa shape index (κ2) is 9.54. The lowest BCUT2D eigenvalue weighted by Crippen LogP contribution is -2.43. The minimum absolute atomic E-state index is 0.0753. The Morgan fingerprint density at radius 2 is 2.06 bits per heavy atom. The molecule has 0 spiro atoms. The normalized spacial score (nSPS) is 18.9. The average Bonchev–Trinajstić information content (AvgIpc) is 3.31. The molecule has 33 heavy (non-hydrogen) atoms. The number of benzene rings is 2. The van der Waals surface area contributed by atoms with E-state index in [0.717, 1.165) is 24.8 Å². The lowest BCUT2D eigenvalue weighted by atomic mass is 9.99. The standard InChI is InChI=1S/C25H29N5O3/c1-2-3-10-20(18-12-13-19(28-18)25(32)33)30-21-11-5-4-9-17(21)29-22(24(30)31)15-7-6-8-16(14-15)23(26)27/h4-9,11,14,18-20,28H,2-3,10,12-13H2,1H3,(H3,26,27)(H,32,33). The third-order valence-corrected chi connectivity index (χ3v) is 6.37. The molecule has 8 heteroatoms. The molecule has 1 aromatic heterocycles. The summed E-state index contributed by atoms with van der Waals surface area (Å²) in [5.74, 6) is -0.936. The molecule has 4 rings (SSSR count). The number of para-hydroxylation sites is 2. The first kappa shape index (κ1) is 22.7. The van der Waals surface area contributed by atoms with Gasteiger partial charge < -0.3 is 15.4 Å². The molecule has 0 aliphatic carbocycles. The molecular formula is C25H29N5O3. The molecular weight excluding hydrogens is 418 g/mol. The molecule has 3 unspecified atom stereocenters. The molecule has 0 amide bonds. The minimum atomic E-state index is -0.861. The quantitative estimate of drug-likeness (QED) is 0.309. The Balaban J connectivity index is 1.90. The number of amidine groups is 1. The van der Waals surface area contributed by atoms with Crippen molar-refractivity contribution >= 4 is 22.8 Å². The van der Waals surface area contributed by atoms with Gasteiger partial charge in [-0.2, -0.15) is 0 Å². The average molecular weight is 448 g/mol. The molecule has 0 bridgehead atoms. The zero-order valence-corrected chi connectivity index (χ0v) is 18.6. The molecule has 1 aliphatic heterocycles. The first-order valence-electron chi connectivity index (χ1n) is 11.4. The van der Waals surface area contributed by atoms with Crippen LogP contribution in [0, 0.1) is 5.41 Å². The number of aromatic nitrogens is 2. The number of nitrogens with one attached hydrogen (secondary N) is 2. The topological polar surface area (TPSA) is 134 Å². The van der Waals surface area contributed by atoms with E-state index in [-0.39, 0.29) is 23.5 Å². The van der Waals surface area contributed by atoms with Crippen molar-refractivity contribution in [3.63, 3.8) is 0 Å². The van der Waals surface area contributed by atoms with Crippen LogP contribution in [0.25, 0.3) is 22.3 Å². The summed E-state index contributed by atoms with van der Waals surface area (Å²) in [6, 6.07) is 13.6. The zero-order chi connectivity index (χ0) is 23.5. The Kier molecular flexibility index (Phi) is 6.55. The first-order valence-corrected chi connectivity index (χ1v) is 11.4. The van der Waals surface area contributed by atoms with Gasteiger partial charge in [0.25, 0.3) is 5.56 Å². The molecule has 0 radical (unpaired) electrons. The van der Waals surface area contributed by atoms with Crippen molar-refractivity contribution in [3.8, 4) is 11.3 Å².